The van der Waals surface area contributed by atoms with E-state index >= 15 is 0 Å². The highest BCUT2D eigenvalue weighted by molar-refractivity contribution is 9.10. The van der Waals surface area contributed by atoms with Gasteiger partial charge in [0.2, 0.25) is 0 Å². The van der Waals surface area contributed by atoms with Crippen LogP contribution in [0.3, 0.4) is 0 Å². The van der Waals surface area contributed by atoms with Gasteiger partial charge in [0.25, 0.3) is 0 Å². The SMILES string of the molecule is CCCC1CCCN(c2ncc(Br)cc2C(=O)O)CC1. The highest BCUT2D eigenvalue weighted by Crippen LogP contribution is 2.27. The van der Waals surface area contributed by atoms with Crippen LogP contribution >= 0.6 is 15.9 Å². The van der Waals surface area contributed by atoms with Gasteiger partial charge in [-0.2, -0.15) is 0 Å². The van der Waals surface area contributed by atoms with E-state index in [1.54, 1.807) is 12.3 Å². The predicted molar refractivity (Wildman–Crippen MR) is 83.4 cm³/mol. The van der Waals surface area contributed by atoms with Gasteiger partial charge in [-0.25, -0.2) is 9.78 Å². The van der Waals surface area contributed by atoms with E-state index in [-0.39, 0.29) is 5.56 Å². The van der Waals surface area contributed by atoms with Crippen LogP contribution in [0, 0.1) is 5.92 Å². The van der Waals surface area contributed by atoms with Gasteiger partial charge in [0.1, 0.15) is 11.4 Å². The predicted octanol–water partition coefficient (Wildman–Crippen LogP) is 3.95. The first-order chi connectivity index (χ1) is 9.61. The number of halogens is 1. The molecule has 2 heterocycles. The summed E-state index contributed by atoms with van der Waals surface area (Å²) in [4.78, 5) is 17.8. The number of carbonyl (C=O) groups is 1. The van der Waals surface area contributed by atoms with Crippen molar-refractivity contribution in [2.24, 2.45) is 5.92 Å². The van der Waals surface area contributed by atoms with Crippen molar-refractivity contribution in [1.29, 1.82) is 0 Å². The first kappa shape index (κ1) is 15.3. The van der Waals surface area contributed by atoms with Crippen molar-refractivity contribution in [1.82, 2.24) is 4.98 Å². The highest BCUT2D eigenvalue weighted by atomic mass is 79.9. The second-order valence-electron chi connectivity index (χ2n) is 5.40. The molecule has 1 saturated heterocycles. The maximum absolute atomic E-state index is 11.4. The summed E-state index contributed by atoms with van der Waals surface area (Å²) in [6.07, 6.45) is 7.65. The molecule has 0 radical (unpaired) electrons. The molecule has 1 fully saturated rings. The summed E-state index contributed by atoms with van der Waals surface area (Å²) in [6.45, 7) is 4.02. The van der Waals surface area contributed by atoms with Crippen LogP contribution in [0.2, 0.25) is 0 Å². The first-order valence-corrected chi connectivity index (χ1v) is 8.05. The summed E-state index contributed by atoms with van der Waals surface area (Å²) in [5, 5.41) is 9.34. The Bertz CT molecular complexity index is 479. The summed E-state index contributed by atoms with van der Waals surface area (Å²) >= 11 is 3.29. The standard InChI is InChI=1S/C15H21BrN2O2/c1-2-4-11-5-3-7-18(8-6-11)14-13(15(19)20)9-12(16)10-17-14/h9-11H,2-8H2,1H3,(H,19,20). The van der Waals surface area contributed by atoms with Crippen LogP contribution in [0.15, 0.2) is 16.7 Å². The lowest BCUT2D eigenvalue weighted by Crippen LogP contribution is -2.27. The summed E-state index contributed by atoms with van der Waals surface area (Å²) < 4.78 is 0.706. The maximum Gasteiger partial charge on any atom is 0.339 e. The van der Waals surface area contributed by atoms with Crippen LogP contribution in [0.5, 0.6) is 0 Å². The number of hydrogen-bond donors (Lipinski definition) is 1. The molecule has 110 valence electrons. The van der Waals surface area contributed by atoms with E-state index in [0.717, 1.165) is 31.8 Å². The minimum atomic E-state index is -0.914. The van der Waals surface area contributed by atoms with Gasteiger partial charge in [-0.3, -0.25) is 0 Å². The van der Waals surface area contributed by atoms with Gasteiger partial charge in [-0.05, 0) is 47.2 Å². The van der Waals surface area contributed by atoms with Gasteiger partial charge in [0.05, 0.1) is 0 Å². The molecule has 0 saturated carbocycles. The Morgan fingerprint density at radius 3 is 3.00 bits per heavy atom. The van der Waals surface area contributed by atoms with Crippen molar-refractivity contribution in [3.8, 4) is 0 Å². The molecule has 0 aliphatic carbocycles. The number of aromatic carboxylic acids is 1. The molecular formula is C15H21BrN2O2. The van der Waals surface area contributed by atoms with Crippen LogP contribution in [0.25, 0.3) is 0 Å². The number of rotatable bonds is 4. The molecule has 4 nitrogen and oxygen atoms in total. The molecule has 1 N–H and O–H groups in total. The van der Waals surface area contributed by atoms with E-state index in [9.17, 15) is 9.90 Å². The lowest BCUT2D eigenvalue weighted by Gasteiger charge is -2.23. The zero-order valence-corrected chi connectivity index (χ0v) is 13.4. The minimum absolute atomic E-state index is 0.285. The molecule has 1 aliphatic rings. The summed E-state index contributed by atoms with van der Waals surface area (Å²) in [6, 6.07) is 1.64. The molecular weight excluding hydrogens is 320 g/mol. The van der Waals surface area contributed by atoms with Crippen LogP contribution in [0.4, 0.5) is 5.82 Å². The first-order valence-electron chi connectivity index (χ1n) is 7.25. The Morgan fingerprint density at radius 2 is 2.30 bits per heavy atom. The summed E-state index contributed by atoms with van der Waals surface area (Å²) in [7, 11) is 0. The average molecular weight is 341 g/mol. The van der Waals surface area contributed by atoms with E-state index in [4.69, 9.17) is 0 Å². The van der Waals surface area contributed by atoms with Crippen LogP contribution in [0.1, 0.15) is 49.4 Å². The Hall–Kier alpha value is -1.10. The third-order valence-electron chi connectivity index (χ3n) is 3.91. The Morgan fingerprint density at radius 1 is 1.50 bits per heavy atom. The average Bonchev–Trinajstić information content (AvgIpc) is 2.65. The van der Waals surface area contributed by atoms with Gasteiger partial charge in [-0.15, -0.1) is 0 Å². The monoisotopic (exact) mass is 340 g/mol. The second kappa shape index (κ2) is 7.07. The van der Waals surface area contributed by atoms with E-state index in [1.165, 1.54) is 19.3 Å². The number of anilines is 1. The van der Waals surface area contributed by atoms with Gasteiger partial charge in [0, 0.05) is 23.8 Å². The molecule has 0 bridgehead atoms. The highest BCUT2D eigenvalue weighted by Gasteiger charge is 2.22. The second-order valence-corrected chi connectivity index (χ2v) is 6.32. The third-order valence-corrected chi connectivity index (χ3v) is 4.34. The largest absolute Gasteiger partial charge is 0.478 e. The smallest absolute Gasteiger partial charge is 0.339 e. The molecule has 0 amide bonds. The fourth-order valence-electron chi connectivity index (χ4n) is 2.92. The molecule has 20 heavy (non-hydrogen) atoms. The van der Waals surface area contributed by atoms with Crippen LogP contribution in [-0.4, -0.2) is 29.1 Å². The van der Waals surface area contributed by atoms with Crippen molar-refractivity contribution in [3.63, 3.8) is 0 Å². The van der Waals surface area contributed by atoms with Gasteiger partial charge in [-0.1, -0.05) is 19.8 Å². The number of aromatic nitrogens is 1. The molecule has 0 spiro atoms. The van der Waals surface area contributed by atoms with Crippen LogP contribution in [-0.2, 0) is 0 Å². The zero-order valence-electron chi connectivity index (χ0n) is 11.8. The lowest BCUT2D eigenvalue weighted by atomic mass is 9.96. The Kier molecular flexibility index (Phi) is 5.40. The summed E-state index contributed by atoms with van der Waals surface area (Å²) in [5.74, 6) is 0.467. The molecule has 2 rings (SSSR count). The van der Waals surface area contributed by atoms with E-state index < -0.39 is 5.97 Å². The molecule has 1 unspecified atom stereocenters. The normalized spacial score (nSPS) is 19.7. The number of carboxylic acid groups (broad SMARTS) is 1. The van der Waals surface area contributed by atoms with Crippen molar-refractivity contribution in [3.05, 3.63) is 22.3 Å². The number of hydrogen-bond acceptors (Lipinski definition) is 3. The molecule has 1 atom stereocenters. The quantitative estimate of drug-likeness (QED) is 0.901. The fraction of sp³-hybridized carbons (Fsp3) is 0.600. The van der Waals surface area contributed by atoms with Gasteiger partial charge >= 0.3 is 5.97 Å². The van der Waals surface area contributed by atoms with E-state index in [1.807, 2.05) is 0 Å². The number of nitrogens with zero attached hydrogens (tertiary/aromatic N) is 2. The van der Waals surface area contributed by atoms with Gasteiger partial charge < -0.3 is 10.0 Å². The minimum Gasteiger partial charge on any atom is -0.478 e. The maximum atomic E-state index is 11.4. The molecule has 1 aromatic heterocycles. The molecule has 1 aromatic rings. The fourth-order valence-corrected chi connectivity index (χ4v) is 3.25. The summed E-state index contributed by atoms with van der Waals surface area (Å²) in [5.41, 5.74) is 0.285. The molecule has 1 aliphatic heterocycles. The Labute approximate surface area is 128 Å². The van der Waals surface area contributed by atoms with Crippen LogP contribution < -0.4 is 4.90 Å². The van der Waals surface area contributed by atoms with Crippen molar-refractivity contribution >= 4 is 27.7 Å². The van der Waals surface area contributed by atoms with Crippen molar-refractivity contribution < 1.29 is 9.90 Å². The Balaban J connectivity index is 2.17. The van der Waals surface area contributed by atoms with E-state index in [0.29, 0.717) is 10.3 Å². The molecule has 0 aromatic carbocycles. The lowest BCUT2D eigenvalue weighted by molar-refractivity contribution is 0.0697. The number of pyridine rings is 1. The molecule has 5 heteroatoms. The van der Waals surface area contributed by atoms with Crippen molar-refractivity contribution in [2.45, 2.75) is 39.0 Å². The number of carboxylic acids is 1. The third kappa shape index (κ3) is 3.72. The van der Waals surface area contributed by atoms with Crippen molar-refractivity contribution in [2.75, 3.05) is 18.0 Å². The van der Waals surface area contributed by atoms with E-state index in [2.05, 4.69) is 32.7 Å². The van der Waals surface area contributed by atoms with Gasteiger partial charge in [0.15, 0.2) is 0 Å². The zero-order chi connectivity index (χ0) is 14.5. The topological polar surface area (TPSA) is 53.4 Å².